The van der Waals surface area contributed by atoms with Crippen LogP contribution < -0.4 is 49.1 Å². The second kappa shape index (κ2) is 31.2. The normalized spacial score (nSPS) is 20.5. The highest BCUT2D eigenvalue weighted by molar-refractivity contribution is 8.76. The first-order chi connectivity index (χ1) is 41.1. The Morgan fingerprint density at radius 1 is 0.744 bits per heavy atom. The summed E-state index contributed by atoms with van der Waals surface area (Å²) in [5, 5.41) is 20.4. The molecule has 8 atom stereocenters. The van der Waals surface area contributed by atoms with E-state index < -0.39 is 101 Å². The number of amides is 8. The minimum Gasteiger partial charge on any atom is -0.368 e. The Morgan fingerprint density at radius 3 is 2.09 bits per heavy atom. The molecule has 13 N–H and O–H groups in total. The Kier molecular flexibility index (Phi) is 24.0. The van der Waals surface area contributed by atoms with Gasteiger partial charge in [0.2, 0.25) is 47.3 Å². The number of halogens is 1. The fourth-order valence-corrected chi connectivity index (χ4v) is 12.8. The van der Waals surface area contributed by atoms with Gasteiger partial charge in [0.1, 0.15) is 42.3 Å². The van der Waals surface area contributed by atoms with Crippen LogP contribution in [0.25, 0.3) is 21.7 Å². The highest BCUT2D eigenvalue weighted by Gasteiger charge is 2.43. The second-order valence-corrected chi connectivity index (χ2v) is 26.1. The van der Waals surface area contributed by atoms with E-state index in [4.69, 9.17) is 28.8 Å². The van der Waals surface area contributed by atoms with Gasteiger partial charge in [-0.15, -0.1) is 0 Å². The average Bonchev–Trinajstić information content (AvgIpc) is 1.47. The van der Waals surface area contributed by atoms with E-state index in [9.17, 15) is 19.2 Å². The number of fused-ring (bicyclic) bond motifs is 2. The van der Waals surface area contributed by atoms with E-state index in [1.54, 1.807) is 75.8 Å². The number of aromatic nitrogens is 2. The molecule has 0 saturated carbocycles. The molecule has 1 saturated heterocycles. The molecule has 4 unspecified atom stereocenters. The maximum atomic E-state index is 15.6. The number of hydrogen-bond donors (Lipinski definition) is 10. The fourth-order valence-electron chi connectivity index (χ4n) is 10.4. The molecule has 1 aliphatic rings. The average molecular weight is 1230 g/mol. The molecule has 4 aromatic carbocycles. The first-order valence-electron chi connectivity index (χ1n) is 28.9. The fraction of sp³-hybridized carbons (Fsp3) is 0.413. The topological polar surface area (TPSA) is 319 Å². The summed E-state index contributed by atoms with van der Waals surface area (Å²) < 4.78 is 0. The Hall–Kier alpha value is -7.50. The Balaban J connectivity index is 1.31. The van der Waals surface area contributed by atoms with Gasteiger partial charge in [0, 0.05) is 70.8 Å². The molecule has 1 aliphatic heterocycles. The molecule has 6 aromatic rings. The predicted molar refractivity (Wildman–Crippen MR) is 339 cm³/mol. The number of aromatic amines is 1. The van der Waals surface area contributed by atoms with E-state index in [1.165, 1.54) is 4.90 Å². The third kappa shape index (κ3) is 18.8. The van der Waals surface area contributed by atoms with Gasteiger partial charge in [0.05, 0.1) is 6.04 Å². The molecule has 0 bridgehead atoms. The standard InChI is InChI=1S/C63H79ClN12O8S2/c1-37(2)27-54-61(83)75-53(59(81)71-49(55(67)77)30-39-19-22-41-14-6-7-15-42(41)28-39)36-86-85-35-52(74-56(78)46(66)29-38-20-23-44(64)24-21-38)60(82)72-50(31-40-13-12-26-68-33-40)57(79)73-51(32-43-34-69-47-17-9-8-16-45(43)47)58(80)70-48(18-10-11-25-65)62(84)76(54)63(3,4)5/h6-9,12-17,19-24,26,28,33-34,37,46,48-54,69H,10-11,18,25,27,29-32,35-36,65-66H2,1-5H3,(H2,67,77)(H,70,80)(H,71,81)(H,72,82)(H,73,79)(H,74,78)(H,75,83)/t46-,48-,49-,50-,51?,52?,53?,54?/m0/s1. The Labute approximate surface area is 514 Å². The number of H-pyrrole nitrogens is 1. The molecule has 8 amide bonds. The summed E-state index contributed by atoms with van der Waals surface area (Å²) in [5.74, 6) is -6.35. The van der Waals surface area contributed by atoms with E-state index in [1.807, 2.05) is 80.6 Å². The van der Waals surface area contributed by atoms with Gasteiger partial charge in [-0.2, -0.15) is 0 Å². The number of nitrogens with zero attached hydrogens (tertiary/aromatic N) is 2. The summed E-state index contributed by atoms with van der Waals surface area (Å²) in [5.41, 5.74) is 20.8. The zero-order valence-corrected chi connectivity index (χ0v) is 51.5. The molecule has 0 aliphatic carbocycles. The van der Waals surface area contributed by atoms with Gasteiger partial charge < -0.3 is 59.0 Å². The van der Waals surface area contributed by atoms with Crippen molar-refractivity contribution >= 4 is 102 Å². The van der Waals surface area contributed by atoms with Crippen LogP contribution in [-0.2, 0) is 64.0 Å². The minimum absolute atomic E-state index is 0.0209. The van der Waals surface area contributed by atoms with Crippen LogP contribution in [0, 0.1) is 5.92 Å². The van der Waals surface area contributed by atoms with E-state index >= 15 is 19.2 Å². The van der Waals surface area contributed by atoms with E-state index in [0.717, 1.165) is 43.3 Å². The van der Waals surface area contributed by atoms with Gasteiger partial charge in [-0.3, -0.25) is 43.3 Å². The van der Waals surface area contributed by atoms with Crippen LogP contribution in [0.5, 0.6) is 0 Å². The first-order valence-corrected chi connectivity index (χ1v) is 31.8. The number of primary amides is 1. The number of nitrogens with two attached hydrogens (primary N) is 3. The second-order valence-electron chi connectivity index (χ2n) is 23.1. The Morgan fingerprint density at radius 2 is 1.41 bits per heavy atom. The smallest absolute Gasteiger partial charge is 0.246 e. The van der Waals surface area contributed by atoms with Crippen molar-refractivity contribution in [1.29, 1.82) is 0 Å². The van der Waals surface area contributed by atoms with E-state index in [-0.39, 0.29) is 55.9 Å². The number of hydrogen-bond acceptors (Lipinski definition) is 13. The zero-order chi connectivity index (χ0) is 62.1. The molecular formula is C63H79ClN12O8S2. The number of rotatable bonds is 19. The number of carbonyl (C=O) groups excluding carboxylic acids is 8. The van der Waals surface area contributed by atoms with Crippen molar-refractivity contribution in [2.45, 2.75) is 140 Å². The number of benzene rings is 4. The number of nitrogens with one attached hydrogen (secondary N) is 7. The third-order valence-corrected chi connectivity index (χ3v) is 17.5. The summed E-state index contributed by atoms with van der Waals surface area (Å²) in [6, 6.07) is 20.6. The van der Waals surface area contributed by atoms with Crippen LogP contribution in [0.4, 0.5) is 0 Å². The lowest BCUT2D eigenvalue weighted by Crippen LogP contribution is -2.65. The monoisotopic (exact) mass is 1230 g/mol. The number of unbranched alkanes of at least 4 members (excludes halogenated alkanes) is 1. The number of para-hydroxylation sites is 1. The molecule has 1 fully saturated rings. The number of carbonyl (C=O) groups is 8. The molecule has 20 nitrogen and oxygen atoms in total. The lowest BCUT2D eigenvalue weighted by atomic mass is 9.93. The highest BCUT2D eigenvalue weighted by atomic mass is 35.5. The predicted octanol–water partition coefficient (Wildman–Crippen LogP) is 4.93. The van der Waals surface area contributed by atoms with Gasteiger partial charge >= 0.3 is 0 Å². The third-order valence-electron chi connectivity index (χ3n) is 14.8. The van der Waals surface area contributed by atoms with Crippen molar-refractivity contribution in [1.82, 2.24) is 46.8 Å². The first kappa shape index (κ1) is 66.0. The van der Waals surface area contributed by atoms with Crippen LogP contribution >= 0.6 is 33.2 Å². The molecular weight excluding hydrogens is 1150 g/mol. The van der Waals surface area contributed by atoms with Crippen molar-refractivity contribution in [3.05, 3.63) is 149 Å². The quantitative estimate of drug-likeness (QED) is 0.0381. The molecule has 7 rings (SSSR count). The lowest BCUT2D eigenvalue weighted by Gasteiger charge is -2.44. The molecule has 458 valence electrons. The molecule has 86 heavy (non-hydrogen) atoms. The number of pyridine rings is 1. The van der Waals surface area contributed by atoms with Crippen molar-refractivity contribution in [3.63, 3.8) is 0 Å². The lowest BCUT2D eigenvalue weighted by molar-refractivity contribution is -0.150. The molecule has 23 heteroatoms. The zero-order valence-electron chi connectivity index (χ0n) is 49.1. The van der Waals surface area contributed by atoms with Gasteiger partial charge in [-0.05, 0) is 123 Å². The van der Waals surface area contributed by atoms with Crippen LogP contribution in [0.3, 0.4) is 0 Å². The van der Waals surface area contributed by atoms with Crippen molar-refractivity contribution in [3.8, 4) is 0 Å². The summed E-state index contributed by atoms with van der Waals surface area (Å²) in [6.45, 7) is 9.42. The van der Waals surface area contributed by atoms with Crippen molar-refractivity contribution in [2.24, 2.45) is 23.1 Å². The van der Waals surface area contributed by atoms with E-state index in [0.29, 0.717) is 46.7 Å². The maximum Gasteiger partial charge on any atom is 0.246 e. The van der Waals surface area contributed by atoms with Crippen LogP contribution in [0.15, 0.2) is 122 Å². The van der Waals surface area contributed by atoms with Crippen molar-refractivity contribution in [2.75, 3.05) is 18.1 Å². The largest absolute Gasteiger partial charge is 0.368 e. The minimum atomic E-state index is -1.39. The summed E-state index contributed by atoms with van der Waals surface area (Å²) in [6.07, 6.45) is 5.87. The Bertz CT molecular complexity index is 3330. The van der Waals surface area contributed by atoms with Gasteiger partial charge in [-0.25, -0.2) is 0 Å². The van der Waals surface area contributed by atoms with Gasteiger partial charge in [-0.1, -0.05) is 126 Å². The molecule has 2 aromatic heterocycles. The molecule has 0 spiro atoms. The summed E-state index contributed by atoms with van der Waals surface area (Å²) >= 11 is 6.14. The molecule has 0 radical (unpaired) electrons. The van der Waals surface area contributed by atoms with E-state index in [2.05, 4.69) is 41.9 Å². The van der Waals surface area contributed by atoms with Gasteiger partial charge in [0.15, 0.2) is 0 Å². The SMILES string of the molecule is CC(C)CC1C(=O)NC(C(=O)N[C@@H](Cc2ccc3ccccc3c2)C(N)=O)CSSCC(NC(=O)[C@@H](N)Cc2ccc(Cl)cc2)C(=O)N[C@@H](Cc2cccnc2)C(=O)NC(Cc2c[nH]c3ccccc23)C(=O)N[C@@H](CCCCN)C(=O)N1C(C)(C)C. The van der Waals surface area contributed by atoms with Gasteiger partial charge in [0.25, 0.3) is 0 Å². The maximum absolute atomic E-state index is 15.6. The summed E-state index contributed by atoms with van der Waals surface area (Å²) in [4.78, 5) is 127. The van der Waals surface area contributed by atoms with Crippen LogP contribution in [0.2, 0.25) is 5.02 Å². The van der Waals surface area contributed by atoms with Crippen LogP contribution in [0.1, 0.15) is 82.6 Å². The molecule has 3 heterocycles. The van der Waals surface area contributed by atoms with Crippen molar-refractivity contribution < 1.29 is 38.4 Å². The summed E-state index contributed by atoms with van der Waals surface area (Å²) in [7, 11) is 2.17. The highest BCUT2D eigenvalue weighted by Crippen LogP contribution is 2.28. The van der Waals surface area contributed by atoms with Crippen LogP contribution in [-0.4, -0.2) is 134 Å².